The second-order valence-corrected chi connectivity index (χ2v) is 5.79. The third-order valence-corrected chi connectivity index (χ3v) is 4.28. The molecule has 5 heteroatoms. The molecule has 0 saturated carbocycles. The summed E-state index contributed by atoms with van der Waals surface area (Å²) in [4.78, 5) is 7.28. The van der Waals surface area contributed by atoms with Gasteiger partial charge in [0.2, 0.25) is 0 Å². The lowest BCUT2D eigenvalue weighted by molar-refractivity contribution is 0.0529. The Hall–Kier alpha value is -0.200. The first-order valence-corrected chi connectivity index (χ1v) is 7.83. The molecule has 0 spiro atoms. The monoisotopic (exact) mass is 270 g/mol. The van der Waals surface area contributed by atoms with Crippen molar-refractivity contribution < 1.29 is 5.11 Å². The van der Waals surface area contributed by atoms with Crippen LogP contribution in [0.3, 0.4) is 0 Å². The van der Waals surface area contributed by atoms with Crippen molar-refractivity contribution >= 4 is 0 Å². The van der Waals surface area contributed by atoms with Gasteiger partial charge < -0.3 is 15.3 Å². The third kappa shape index (κ3) is 5.36. The lowest BCUT2D eigenvalue weighted by atomic mass is 10.2. The molecule has 0 aromatic rings. The first-order valence-electron chi connectivity index (χ1n) is 7.83. The molecule has 2 aliphatic rings. The number of nitrogens with one attached hydrogen (secondary N) is 1. The minimum atomic E-state index is -0.203. The minimum absolute atomic E-state index is 0.203. The zero-order chi connectivity index (χ0) is 13.5. The fourth-order valence-electron chi connectivity index (χ4n) is 3.03. The number of aliphatic hydroxyl groups excluding tert-OH is 1. The van der Waals surface area contributed by atoms with E-state index in [9.17, 15) is 5.11 Å². The van der Waals surface area contributed by atoms with Gasteiger partial charge in [-0.1, -0.05) is 6.92 Å². The van der Waals surface area contributed by atoms with Crippen molar-refractivity contribution in [3.8, 4) is 0 Å². The van der Waals surface area contributed by atoms with E-state index in [0.717, 1.165) is 72.0 Å². The van der Waals surface area contributed by atoms with Crippen molar-refractivity contribution in [2.24, 2.45) is 0 Å². The number of piperazine rings is 1. The molecule has 0 aliphatic carbocycles. The van der Waals surface area contributed by atoms with E-state index >= 15 is 0 Å². The maximum Gasteiger partial charge on any atom is 0.0793 e. The SMILES string of the molecule is CCN1CCN(C[C@@H](O)CN2CCCNCC2)CC1. The maximum atomic E-state index is 10.3. The molecular weight excluding hydrogens is 240 g/mol. The van der Waals surface area contributed by atoms with Crippen molar-refractivity contribution in [1.82, 2.24) is 20.0 Å². The van der Waals surface area contributed by atoms with Gasteiger partial charge in [-0.05, 0) is 26.1 Å². The fourth-order valence-corrected chi connectivity index (χ4v) is 3.03. The van der Waals surface area contributed by atoms with Crippen molar-refractivity contribution in [2.75, 3.05) is 72.0 Å². The van der Waals surface area contributed by atoms with Gasteiger partial charge in [-0.15, -0.1) is 0 Å². The normalized spacial score (nSPS) is 26.2. The maximum absolute atomic E-state index is 10.3. The summed E-state index contributed by atoms with van der Waals surface area (Å²) in [5, 5.41) is 13.7. The van der Waals surface area contributed by atoms with Gasteiger partial charge in [-0.3, -0.25) is 9.80 Å². The zero-order valence-electron chi connectivity index (χ0n) is 12.4. The van der Waals surface area contributed by atoms with Crippen molar-refractivity contribution in [1.29, 1.82) is 0 Å². The van der Waals surface area contributed by atoms with E-state index in [1.54, 1.807) is 0 Å². The van der Waals surface area contributed by atoms with Crippen LogP contribution in [0.25, 0.3) is 0 Å². The molecule has 0 bridgehead atoms. The summed E-state index contributed by atoms with van der Waals surface area (Å²) in [6.45, 7) is 13.9. The summed E-state index contributed by atoms with van der Waals surface area (Å²) in [6, 6.07) is 0. The van der Waals surface area contributed by atoms with Crippen LogP contribution in [0.15, 0.2) is 0 Å². The van der Waals surface area contributed by atoms with Crippen LogP contribution in [0.4, 0.5) is 0 Å². The van der Waals surface area contributed by atoms with Crippen LogP contribution in [-0.4, -0.2) is 97.9 Å². The zero-order valence-corrected chi connectivity index (χ0v) is 12.4. The molecule has 2 saturated heterocycles. The highest BCUT2D eigenvalue weighted by Gasteiger charge is 2.20. The Kier molecular flexibility index (Phi) is 6.53. The van der Waals surface area contributed by atoms with E-state index in [4.69, 9.17) is 0 Å². The Morgan fingerprint density at radius 1 is 0.895 bits per heavy atom. The highest BCUT2D eigenvalue weighted by Crippen LogP contribution is 2.04. The minimum Gasteiger partial charge on any atom is -0.390 e. The number of hydrogen-bond acceptors (Lipinski definition) is 5. The molecule has 112 valence electrons. The molecule has 0 radical (unpaired) electrons. The van der Waals surface area contributed by atoms with Crippen molar-refractivity contribution in [3.63, 3.8) is 0 Å². The van der Waals surface area contributed by atoms with Crippen LogP contribution in [0.1, 0.15) is 13.3 Å². The van der Waals surface area contributed by atoms with E-state index in [1.807, 2.05) is 0 Å². The first kappa shape index (κ1) is 15.2. The van der Waals surface area contributed by atoms with Crippen LogP contribution >= 0.6 is 0 Å². The van der Waals surface area contributed by atoms with E-state index in [-0.39, 0.29) is 6.10 Å². The van der Waals surface area contributed by atoms with Gasteiger partial charge in [-0.25, -0.2) is 0 Å². The highest BCUT2D eigenvalue weighted by molar-refractivity contribution is 4.76. The Labute approximate surface area is 117 Å². The molecule has 19 heavy (non-hydrogen) atoms. The number of hydrogen-bond donors (Lipinski definition) is 2. The van der Waals surface area contributed by atoms with Crippen LogP contribution in [-0.2, 0) is 0 Å². The molecule has 0 amide bonds. The van der Waals surface area contributed by atoms with Crippen molar-refractivity contribution in [2.45, 2.75) is 19.4 Å². The second-order valence-electron chi connectivity index (χ2n) is 5.79. The molecule has 0 aromatic heterocycles. The molecular formula is C14H30N4O. The standard InChI is InChI=1S/C14H30N4O/c1-2-16-8-10-18(11-9-16)13-14(19)12-17-6-3-4-15-5-7-17/h14-15,19H,2-13H2,1H3/t14-/m0/s1. The molecule has 2 aliphatic heterocycles. The van der Waals surface area contributed by atoms with Gasteiger partial charge in [-0.2, -0.15) is 0 Å². The first-order chi connectivity index (χ1) is 9.28. The third-order valence-electron chi connectivity index (χ3n) is 4.28. The number of rotatable bonds is 5. The molecule has 2 rings (SSSR count). The number of aliphatic hydroxyl groups is 1. The largest absolute Gasteiger partial charge is 0.390 e. The number of nitrogens with zero attached hydrogens (tertiary/aromatic N) is 3. The molecule has 1 atom stereocenters. The predicted molar refractivity (Wildman–Crippen MR) is 78.5 cm³/mol. The summed E-state index contributed by atoms with van der Waals surface area (Å²) in [6.07, 6.45) is 0.994. The predicted octanol–water partition coefficient (Wildman–Crippen LogP) is -0.720. The van der Waals surface area contributed by atoms with Crippen LogP contribution in [0, 0.1) is 0 Å². The van der Waals surface area contributed by atoms with E-state index in [1.165, 1.54) is 6.42 Å². The van der Waals surface area contributed by atoms with E-state index < -0.39 is 0 Å². The molecule has 0 unspecified atom stereocenters. The van der Waals surface area contributed by atoms with Gasteiger partial charge in [0.1, 0.15) is 0 Å². The Balaban J connectivity index is 1.64. The summed E-state index contributed by atoms with van der Waals surface area (Å²) in [7, 11) is 0. The van der Waals surface area contributed by atoms with Crippen LogP contribution < -0.4 is 5.32 Å². The Morgan fingerprint density at radius 3 is 2.21 bits per heavy atom. The van der Waals surface area contributed by atoms with Crippen LogP contribution in [0.5, 0.6) is 0 Å². The summed E-state index contributed by atoms with van der Waals surface area (Å²) < 4.78 is 0. The summed E-state index contributed by atoms with van der Waals surface area (Å²) in [5.74, 6) is 0. The summed E-state index contributed by atoms with van der Waals surface area (Å²) in [5.41, 5.74) is 0. The van der Waals surface area contributed by atoms with Gasteiger partial charge in [0, 0.05) is 52.4 Å². The lowest BCUT2D eigenvalue weighted by Crippen LogP contribution is -2.50. The van der Waals surface area contributed by atoms with E-state index in [0.29, 0.717) is 0 Å². The molecule has 5 nitrogen and oxygen atoms in total. The smallest absolute Gasteiger partial charge is 0.0793 e. The van der Waals surface area contributed by atoms with Crippen LogP contribution in [0.2, 0.25) is 0 Å². The highest BCUT2D eigenvalue weighted by atomic mass is 16.3. The van der Waals surface area contributed by atoms with Gasteiger partial charge >= 0.3 is 0 Å². The lowest BCUT2D eigenvalue weighted by Gasteiger charge is -2.35. The summed E-state index contributed by atoms with van der Waals surface area (Å²) >= 11 is 0. The molecule has 2 fully saturated rings. The van der Waals surface area contributed by atoms with Crippen molar-refractivity contribution in [3.05, 3.63) is 0 Å². The van der Waals surface area contributed by atoms with Gasteiger partial charge in [0.15, 0.2) is 0 Å². The Bertz CT molecular complexity index is 236. The van der Waals surface area contributed by atoms with E-state index in [2.05, 4.69) is 26.9 Å². The topological polar surface area (TPSA) is 42.0 Å². The molecule has 2 heterocycles. The average Bonchev–Trinajstić information content (AvgIpc) is 2.68. The second kappa shape index (κ2) is 8.17. The number of likely N-dealkylation sites (N-methyl/N-ethyl adjacent to an activating group) is 1. The van der Waals surface area contributed by atoms with Gasteiger partial charge in [0.25, 0.3) is 0 Å². The fraction of sp³-hybridized carbons (Fsp3) is 1.00. The average molecular weight is 270 g/mol. The quantitative estimate of drug-likeness (QED) is 0.690. The number of β-amino-alcohol motifs (C(OH)–C–C–N with tert-alkyl or cyclic N) is 1. The van der Waals surface area contributed by atoms with Gasteiger partial charge in [0.05, 0.1) is 6.10 Å². The Morgan fingerprint density at radius 2 is 1.53 bits per heavy atom. The molecule has 0 aromatic carbocycles. The molecule has 2 N–H and O–H groups in total.